The van der Waals surface area contributed by atoms with Crippen LogP contribution in [0.1, 0.15) is 106 Å². The largest absolute Gasteiger partial charge is 0.505 e. The van der Waals surface area contributed by atoms with Crippen LogP contribution in [0, 0.1) is 17.3 Å². The fraction of sp³-hybridized carbons (Fsp3) is 0.647. The van der Waals surface area contributed by atoms with E-state index in [4.69, 9.17) is 4.74 Å². The van der Waals surface area contributed by atoms with Gasteiger partial charge < -0.3 is 4.74 Å². The molecular weight excluding hydrogens is 471 g/mol. The van der Waals surface area contributed by atoms with Crippen molar-refractivity contribution in [1.82, 2.24) is 0 Å². The monoisotopic (exact) mass is 528 g/mol. The maximum atomic E-state index is 14.7. The Labute approximate surface area is 231 Å². The number of hydrogen-bond acceptors (Lipinski definition) is 1. The molecule has 0 atom stereocenters. The number of ether oxygens (including phenoxy) is 1. The Morgan fingerprint density at radius 2 is 1.35 bits per heavy atom. The van der Waals surface area contributed by atoms with Crippen LogP contribution < -0.4 is 0 Å². The Morgan fingerprint density at radius 1 is 0.784 bits per heavy atom. The number of allylic oxidation sites excluding steroid dienone is 9. The Balaban J connectivity index is 4.45. The van der Waals surface area contributed by atoms with Gasteiger partial charge in [-0.25, -0.2) is 4.39 Å². The molecule has 0 spiro atoms. The summed E-state index contributed by atoms with van der Waals surface area (Å²) < 4.78 is 19.6. The summed E-state index contributed by atoms with van der Waals surface area (Å²) in [6, 6.07) is 1.08. The Kier molecular flexibility index (Phi) is 18.4. The molecule has 0 aromatic rings. The molecule has 0 unspecified atom stereocenters. The average Bonchev–Trinajstić information content (AvgIpc) is 2.81. The zero-order valence-electron chi connectivity index (χ0n) is 26.0. The van der Waals surface area contributed by atoms with Crippen molar-refractivity contribution in [3.63, 3.8) is 0 Å². The third-order valence-electron chi connectivity index (χ3n) is 6.50. The van der Waals surface area contributed by atoms with Crippen molar-refractivity contribution >= 4 is 8.07 Å². The van der Waals surface area contributed by atoms with Gasteiger partial charge in [0, 0.05) is 18.9 Å². The van der Waals surface area contributed by atoms with Gasteiger partial charge in [-0.05, 0) is 96.1 Å². The molecule has 210 valence electrons. The van der Waals surface area contributed by atoms with Crippen LogP contribution in [-0.2, 0) is 4.74 Å². The Hall–Kier alpha value is -1.79. The second-order valence-electron chi connectivity index (χ2n) is 12.7. The molecule has 37 heavy (non-hydrogen) atoms. The standard InChI is InChI=1S/C34H57FOSi/c1-29(17-11-13-27-36-7)18-15-19-30(2)20-16-21-33(35)32(4)23-22-31(3)24-26-34(5,6)25-12-14-28-37(8,9)10/h13,18,20,24,27H,11,15-17,19,21-23,25-26,28H2,1-10H3/b27-13+,29-18+,30-20+,31-24+,33-32-. The van der Waals surface area contributed by atoms with Gasteiger partial charge in [-0.1, -0.05) is 68.4 Å². The molecule has 0 aromatic carbocycles. The second kappa shape index (κ2) is 19.3. The van der Waals surface area contributed by atoms with Crippen molar-refractivity contribution in [2.75, 3.05) is 7.11 Å². The lowest BCUT2D eigenvalue weighted by Crippen LogP contribution is -2.17. The van der Waals surface area contributed by atoms with Gasteiger partial charge in [0.2, 0.25) is 0 Å². The topological polar surface area (TPSA) is 9.23 Å². The van der Waals surface area contributed by atoms with Crippen LogP contribution in [0.5, 0.6) is 0 Å². The summed E-state index contributed by atoms with van der Waals surface area (Å²) >= 11 is 0. The predicted octanol–water partition coefficient (Wildman–Crippen LogP) is 11.5. The molecule has 0 fully saturated rings. The number of hydrogen-bond donors (Lipinski definition) is 0. The zero-order chi connectivity index (χ0) is 28.3. The molecule has 3 heteroatoms. The predicted molar refractivity (Wildman–Crippen MR) is 167 cm³/mol. The van der Waals surface area contributed by atoms with Gasteiger partial charge in [0.25, 0.3) is 0 Å². The summed E-state index contributed by atoms with van der Waals surface area (Å²) in [7, 11) is 0.592. The van der Waals surface area contributed by atoms with E-state index in [-0.39, 0.29) is 11.2 Å². The first kappa shape index (κ1) is 35.2. The lowest BCUT2D eigenvalue weighted by atomic mass is 9.85. The fourth-order valence-electron chi connectivity index (χ4n) is 3.66. The van der Waals surface area contributed by atoms with Gasteiger partial charge in [0.05, 0.1) is 27.3 Å². The molecule has 0 radical (unpaired) electrons. The van der Waals surface area contributed by atoms with E-state index in [2.05, 4.69) is 90.4 Å². The lowest BCUT2D eigenvalue weighted by molar-refractivity contribution is 0.336. The smallest absolute Gasteiger partial charge is 0.0991 e. The van der Waals surface area contributed by atoms with Crippen LogP contribution in [0.15, 0.2) is 58.7 Å². The van der Waals surface area contributed by atoms with Gasteiger partial charge in [0.1, 0.15) is 0 Å². The van der Waals surface area contributed by atoms with Crippen molar-refractivity contribution in [2.45, 2.75) is 131 Å². The minimum Gasteiger partial charge on any atom is -0.505 e. The first-order chi connectivity index (χ1) is 17.3. The summed E-state index contributed by atoms with van der Waals surface area (Å²) in [5, 5.41) is 0. The number of rotatable bonds is 17. The van der Waals surface area contributed by atoms with E-state index in [0.29, 0.717) is 6.42 Å². The molecular formula is C34H57FOSi. The molecule has 0 aliphatic heterocycles. The highest BCUT2D eigenvalue weighted by Gasteiger charge is 2.15. The van der Waals surface area contributed by atoms with E-state index in [1.165, 1.54) is 16.7 Å². The average molecular weight is 529 g/mol. The first-order valence-corrected chi connectivity index (χ1v) is 17.9. The molecule has 0 amide bonds. The fourth-order valence-corrected chi connectivity index (χ4v) is 4.31. The summed E-state index contributed by atoms with van der Waals surface area (Å²) in [6.07, 6.45) is 19.8. The molecule has 0 aliphatic carbocycles. The second-order valence-corrected chi connectivity index (χ2v) is 18.2. The lowest BCUT2D eigenvalue weighted by Gasteiger charge is -2.20. The molecule has 0 rings (SSSR count). The highest BCUT2D eigenvalue weighted by Crippen LogP contribution is 2.27. The van der Waals surface area contributed by atoms with Gasteiger partial charge in [-0.2, -0.15) is 0 Å². The molecule has 1 nitrogen and oxygen atoms in total. The Bertz CT molecular complexity index is 866. The molecule has 0 N–H and O–H groups in total. The molecule has 0 heterocycles. The quantitative estimate of drug-likeness (QED) is 0.0789. The van der Waals surface area contributed by atoms with E-state index in [1.54, 1.807) is 13.4 Å². The minimum atomic E-state index is -1.08. The van der Waals surface area contributed by atoms with Crippen LogP contribution in [0.2, 0.25) is 25.7 Å². The Morgan fingerprint density at radius 3 is 1.95 bits per heavy atom. The number of methoxy groups -OCH3 is 1. The van der Waals surface area contributed by atoms with Crippen molar-refractivity contribution in [3.05, 3.63) is 58.7 Å². The van der Waals surface area contributed by atoms with E-state index >= 15 is 0 Å². The molecule has 0 aliphatic rings. The minimum absolute atomic E-state index is 0.0645. The van der Waals surface area contributed by atoms with Gasteiger partial charge >= 0.3 is 0 Å². The summed E-state index contributed by atoms with van der Waals surface area (Å²) in [6.45, 7) is 20.1. The van der Waals surface area contributed by atoms with Crippen LogP contribution in [0.25, 0.3) is 0 Å². The SMILES string of the molecule is CO/C=C/CC/C(C)=C/CC/C(C)=C/CC/C(F)=C(\C)CC/C(C)=C/CC(C)(C)CC#CC[Si](C)(C)C. The normalized spacial score (nSPS) is 14.5. The first-order valence-electron chi connectivity index (χ1n) is 14.2. The summed E-state index contributed by atoms with van der Waals surface area (Å²) in [5.74, 6) is 6.88. The molecule has 0 saturated carbocycles. The van der Waals surface area contributed by atoms with Gasteiger partial charge in [-0.3, -0.25) is 0 Å². The van der Waals surface area contributed by atoms with Crippen LogP contribution in [0.3, 0.4) is 0 Å². The van der Waals surface area contributed by atoms with Crippen molar-refractivity contribution < 1.29 is 9.13 Å². The highest BCUT2D eigenvalue weighted by atomic mass is 28.3. The third kappa shape index (κ3) is 21.9. The van der Waals surface area contributed by atoms with Crippen LogP contribution in [0.4, 0.5) is 4.39 Å². The van der Waals surface area contributed by atoms with E-state index in [0.717, 1.165) is 69.4 Å². The summed E-state index contributed by atoms with van der Waals surface area (Å²) in [4.78, 5) is 0. The molecule has 0 bridgehead atoms. The van der Waals surface area contributed by atoms with E-state index < -0.39 is 8.07 Å². The summed E-state index contributed by atoms with van der Waals surface area (Å²) in [5.41, 5.74) is 5.20. The van der Waals surface area contributed by atoms with E-state index in [9.17, 15) is 4.39 Å². The van der Waals surface area contributed by atoms with E-state index in [1.807, 2.05) is 6.92 Å². The van der Waals surface area contributed by atoms with Crippen LogP contribution >= 0.6 is 0 Å². The molecule has 0 saturated heterocycles. The zero-order valence-corrected chi connectivity index (χ0v) is 27.0. The highest BCUT2D eigenvalue weighted by molar-refractivity contribution is 6.76. The molecule has 0 aromatic heterocycles. The maximum Gasteiger partial charge on any atom is 0.0991 e. The van der Waals surface area contributed by atoms with Crippen molar-refractivity contribution in [3.8, 4) is 11.8 Å². The van der Waals surface area contributed by atoms with Crippen LogP contribution in [-0.4, -0.2) is 15.2 Å². The third-order valence-corrected chi connectivity index (χ3v) is 7.73. The number of halogens is 1. The maximum absolute atomic E-state index is 14.7. The van der Waals surface area contributed by atoms with Crippen molar-refractivity contribution in [2.24, 2.45) is 5.41 Å². The van der Waals surface area contributed by atoms with Crippen molar-refractivity contribution in [1.29, 1.82) is 0 Å². The van der Waals surface area contributed by atoms with Gasteiger partial charge in [0.15, 0.2) is 0 Å². The van der Waals surface area contributed by atoms with Gasteiger partial charge in [-0.15, -0.1) is 11.8 Å².